The van der Waals surface area contributed by atoms with E-state index in [0.29, 0.717) is 18.6 Å². The molecule has 0 fully saturated rings. The van der Waals surface area contributed by atoms with Gasteiger partial charge in [-0.15, -0.1) is 0 Å². The first-order valence-corrected chi connectivity index (χ1v) is 5.68. The second-order valence-corrected chi connectivity index (χ2v) is 3.72. The average molecular weight is 236 g/mol. The van der Waals surface area contributed by atoms with Gasteiger partial charge in [-0.3, -0.25) is 0 Å². The first-order chi connectivity index (χ1) is 8.27. The molecule has 1 N–H and O–H groups in total. The fourth-order valence-electron chi connectivity index (χ4n) is 1.58. The molecule has 0 spiro atoms. The van der Waals surface area contributed by atoms with E-state index in [2.05, 4.69) is 11.4 Å². The quantitative estimate of drug-likeness (QED) is 0.739. The zero-order chi connectivity index (χ0) is 12.5. The van der Waals surface area contributed by atoms with Crippen LogP contribution >= 0.6 is 0 Å². The van der Waals surface area contributed by atoms with E-state index >= 15 is 0 Å². The molecule has 0 saturated carbocycles. The van der Waals surface area contributed by atoms with Gasteiger partial charge in [0, 0.05) is 6.42 Å². The molecule has 0 aliphatic rings. The van der Waals surface area contributed by atoms with Crippen molar-refractivity contribution in [3.63, 3.8) is 0 Å². The lowest BCUT2D eigenvalue weighted by Crippen LogP contribution is -2.18. The van der Waals surface area contributed by atoms with Crippen LogP contribution in [0.3, 0.4) is 0 Å². The Hall–Kier alpha value is -1.60. The summed E-state index contributed by atoms with van der Waals surface area (Å²) in [5, 5.41) is 11.6. The van der Waals surface area contributed by atoms with Crippen molar-refractivity contribution in [3.05, 3.63) is 29.6 Å². The molecule has 1 aromatic carbocycles. The summed E-state index contributed by atoms with van der Waals surface area (Å²) in [6, 6.07) is 6.62. The molecule has 4 heteroatoms. The van der Waals surface area contributed by atoms with Gasteiger partial charge in [0.25, 0.3) is 0 Å². The minimum absolute atomic E-state index is 0.245. The molecular weight excluding hydrogens is 219 g/mol. The van der Waals surface area contributed by atoms with Crippen molar-refractivity contribution in [1.29, 1.82) is 5.26 Å². The third-order valence-electron chi connectivity index (χ3n) is 2.46. The fourth-order valence-corrected chi connectivity index (χ4v) is 1.58. The van der Waals surface area contributed by atoms with Crippen LogP contribution in [0.2, 0.25) is 0 Å². The summed E-state index contributed by atoms with van der Waals surface area (Å²) >= 11 is 0. The number of nitrogens with one attached hydrogen (secondary N) is 1. The zero-order valence-electron chi connectivity index (χ0n) is 10.0. The maximum absolute atomic E-state index is 13.0. The van der Waals surface area contributed by atoms with Crippen LogP contribution < -0.4 is 10.1 Å². The van der Waals surface area contributed by atoms with Crippen molar-refractivity contribution in [2.75, 3.05) is 20.2 Å². The lowest BCUT2D eigenvalue weighted by Gasteiger charge is -2.09. The predicted octanol–water partition coefficient (Wildman–Crippen LogP) is 2.27. The van der Waals surface area contributed by atoms with Crippen LogP contribution in [0.5, 0.6) is 5.75 Å². The number of unbranched alkanes of at least 4 members (excludes halogenated alkanes) is 1. The summed E-state index contributed by atoms with van der Waals surface area (Å²) in [7, 11) is 1.58. The van der Waals surface area contributed by atoms with Crippen LogP contribution in [0.15, 0.2) is 18.2 Å². The number of ether oxygens (including phenoxy) is 1. The third kappa shape index (κ3) is 4.83. The van der Waals surface area contributed by atoms with Gasteiger partial charge in [-0.05, 0) is 49.7 Å². The molecule has 0 saturated heterocycles. The van der Waals surface area contributed by atoms with Crippen molar-refractivity contribution < 1.29 is 9.13 Å². The van der Waals surface area contributed by atoms with Crippen LogP contribution in [0.1, 0.15) is 18.4 Å². The van der Waals surface area contributed by atoms with E-state index in [-0.39, 0.29) is 5.82 Å². The first kappa shape index (κ1) is 13.5. The van der Waals surface area contributed by atoms with Gasteiger partial charge in [-0.25, -0.2) is 4.39 Å². The maximum atomic E-state index is 13.0. The second-order valence-electron chi connectivity index (χ2n) is 3.72. The summed E-state index contributed by atoms with van der Waals surface area (Å²) in [6.07, 6.45) is 2.13. The number of benzene rings is 1. The standard InChI is InChI=1S/C13H17FN2O/c1-17-13-5-4-12(14)10-11(13)6-9-16-8-3-2-7-15/h4-5,10,16H,2-3,6,8-9H2,1H3. The number of methoxy groups -OCH3 is 1. The monoisotopic (exact) mass is 236 g/mol. The Morgan fingerprint density at radius 2 is 2.24 bits per heavy atom. The normalized spacial score (nSPS) is 9.94. The molecule has 0 heterocycles. The van der Waals surface area contributed by atoms with Gasteiger partial charge in [0.15, 0.2) is 0 Å². The number of nitriles is 1. The van der Waals surface area contributed by atoms with Gasteiger partial charge < -0.3 is 10.1 Å². The molecule has 0 unspecified atom stereocenters. The lowest BCUT2D eigenvalue weighted by atomic mass is 10.1. The molecular formula is C13H17FN2O. The molecule has 0 atom stereocenters. The minimum Gasteiger partial charge on any atom is -0.496 e. The molecule has 0 aromatic heterocycles. The molecule has 1 rings (SSSR count). The smallest absolute Gasteiger partial charge is 0.123 e. The van der Waals surface area contributed by atoms with Crippen molar-refractivity contribution in [2.24, 2.45) is 0 Å². The number of halogens is 1. The molecule has 0 bridgehead atoms. The van der Waals surface area contributed by atoms with E-state index in [1.165, 1.54) is 12.1 Å². The Morgan fingerprint density at radius 1 is 1.41 bits per heavy atom. The van der Waals surface area contributed by atoms with Crippen LogP contribution in [0.4, 0.5) is 4.39 Å². The lowest BCUT2D eigenvalue weighted by molar-refractivity contribution is 0.407. The van der Waals surface area contributed by atoms with Gasteiger partial charge in [-0.2, -0.15) is 5.26 Å². The largest absolute Gasteiger partial charge is 0.496 e. The summed E-state index contributed by atoms with van der Waals surface area (Å²) in [5.41, 5.74) is 0.861. The predicted molar refractivity (Wildman–Crippen MR) is 64.4 cm³/mol. The van der Waals surface area contributed by atoms with Gasteiger partial charge in [-0.1, -0.05) is 0 Å². The van der Waals surface area contributed by atoms with Crippen molar-refractivity contribution in [3.8, 4) is 11.8 Å². The molecule has 0 amide bonds. The Labute approximate surface area is 101 Å². The highest BCUT2D eigenvalue weighted by molar-refractivity contribution is 5.34. The SMILES string of the molecule is COc1ccc(F)cc1CCNCCCC#N. The molecule has 1 aromatic rings. The number of nitrogens with zero attached hydrogens (tertiary/aromatic N) is 1. The molecule has 92 valence electrons. The summed E-state index contributed by atoms with van der Waals surface area (Å²) in [4.78, 5) is 0. The Balaban J connectivity index is 2.35. The molecule has 0 aliphatic carbocycles. The molecule has 3 nitrogen and oxygen atoms in total. The Morgan fingerprint density at radius 3 is 2.94 bits per heavy atom. The number of hydrogen-bond donors (Lipinski definition) is 1. The van der Waals surface area contributed by atoms with Crippen LogP contribution in [0, 0.1) is 17.1 Å². The van der Waals surface area contributed by atoms with E-state index in [0.717, 1.165) is 25.1 Å². The highest BCUT2D eigenvalue weighted by Crippen LogP contribution is 2.19. The van der Waals surface area contributed by atoms with Crippen molar-refractivity contribution >= 4 is 0 Å². The van der Waals surface area contributed by atoms with E-state index in [4.69, 9.17) is 10.00 Å². The fraction of sp³-hybridized carbons (Fsp3) is 0.462. The third-order valence-corrected chi connectivity index (χ3v) is 2.46. The Bertz CT molecular complexity index is 387. The van der Waals surface area contributed by atoms with Crippen LogP contribution in [-0.4, -0.2) is 20.2 Å². The average Bonchev–Trinajstić information content (AvgIpc) is 2.34. The Kier molecular flexibility index (Phi) is 6.05. The molecule has 0 aliphatic heterocycles. The molecule has 0 radical (unpaired) electrons. The summed E-state index contributed by atoms with van der Waals surface area (Å²) in [5.74, 6) is 0.468. The molecule has 17 heavy (non-hydrogen) atoms. The van der Waals surface area contributed by atoms with Gasteiger partial charge >= 0.3 is 0 Å². The van der Waals surface area contributed by atoms with E-state index < -0.39 is 0 Å². The van der Waals surface area contributed by atoms with Gasteiger partial charge in [0.05, 0.1) is 13.2 Å². The summed E-state index contributed by atoms with van der Waals surface area (Å²) in [6.45, 7) is 1.57. The van der Waals surface area contributed by atoms with Crippen LogP contribution in [0.25, 0.3) is 0 Å². The van der Waals surface area contributed by atoms with Gasteiger partial charge in [0.1, 0.15) is 11.6 Å². The summed E-state index contributed by atoms with van der Waals surface area (Å²) < 4.78 is 18.2. The van der Waals surface area contributed by atoms with E-state index in [9.17, 15) is 4.39 Å². The maximum Gasteiger partial charge on any atom is 0.123 e. The van der Waals surface area contributed by atoms with Gasteiger partial charge in [0.2, 0.25) is 0 Å². The number of rotatable bonds is 7. The highest BCUT2D eigenvalue weighted by atomic mass is 19.1. The first-order valence-electron chi connectivity index (χ1n) is 5.68. The number of hydrogen-bond acceptors (Lipinski definition) is 3. The zero-order valence-corrected chi connectivity index (χ0v) is 10.0. The minimum atomic E-state index is -0.245. The van der Waals surface area contributed by atoms with Crippen molar-refractivity contribution in [1.82, 2.24) is 5.32 Å². The van der Waals surface area contributed by atoms with Crippen molar-refractivity contribution in [2.45, 2.75) is 19.3 Å². The van der Waals surface area contributed by atoms with Crippen LogP contribution in [-0.2, 0) is 6.42 Å². The second kappa shape index (κ2) is 7.64. The topological polar surface area (TPSA) is 45.0 Å². The van der Waals surface area contributed by atoms with E-state index in [1.54, 1.807) is 13.2 Å². The highest BCUT2D eigenvalue weighted by Gasteiger charge is 2.03. The van der Waals surface area contributed by atoms with E-state index in [1.807, 2.05) is 0 Å².